The standard InChI is InChI=1S/C68H38F16O19/c69-27-1-9-43(77)35(17-27)59(85)93-25-51-53(97-61(87)37-19-29(71)3-11-45(37)79)55(98-62(88)38-20-30(72)4-12-46(38)80)57(100-64(90)40-22-32(74)6-14-48(40)82)67(95-51)102-54-52(26-94-60(86)36-18-28(70)2-10-44(36)78)96-68(103-66(92)42-24-34(76)8-16-50(42)84)58(101-65(91)41-23-33(75)7-15-49(41)83)56(54)99-63(89)39-21-31(73)5-13-47(39)81/h1-24,51-58,67-68H,25-26H2/t51-,52-,53+,54-,55+,56+,57-,58-,67+,68?/m1/s1. The average molecular weight is 1460 g/mol. The fourth-order valence-electron chi connectivity index (χ4n) is 10.0. The van der Waals surface area contributed by atoms with E-state index < -0.39 is 260 Å². The van der Waals surface area contributed by atoms with E-state index in [0.717, 1.165) is 0 Å². The summed E-state index contributed by atoms with van der Waals surface area (Å²) in [4.78, 5) is 114. The van der Waals surface area contributed by atoms with Crippen LogP contribution >= 0.6 is 0 Å². The van der Waals surface area contributed by atoms with Crippen LogP contribution in [0.4, 0.5) is 70.2 Å². The first-order valence-corrected chi connectivity index (χ1v) is 29.1. The number of carbonyl (C=O) groups excluding carboxylic acids is 8. The van der Waals surface area contributed by atoms with Gasteiger partial charge in [0.25, 0.3) is 0 Å². The topological polar surface area (TPSA) is 238 Å². The quantitative estimate of drug-likeness (QED) is 0.0391. The molecule has 0 bridgehead atoms. The SMILES string of the molecule is O=C(OC[C@H]1O[C@@H](O[C@H]2[C@H](OC(=O)c3cc(F)ccc3F)[C@@H](OC(=O)c3cc(F)ccc3F)C(OC(=O)c3cc(F)ccc3F)O[C@@H]2COC(=O)c2cc(F)ccc2F)[C@H](OC(=O)c2cc(F)ccc2F)[C@@H](OC(=O)c2cc(F)ccc2F)[C@H]1OC(=O)c1cc(F)ccc1F)c1cc(F)ccc1F. The molecule has 10 atom stereocenters. The van der Waals surface area contributed by atoms with Gasteiger partial charge in [0.05, 0.1) is 44.5 Å². The highest BCUT2D eigenvalue weighted by Gasteiger charge is 2.59. The van der Waals surface area contributed by atoms with Crippen LogP contribution < -0.4 is 0 Å². The third-order valence-corrected chi connectivity index (χ3v) is 14.9. The summed E-state index contributed by atoms with van der Waals surface area (Å²) in [6.45, 7) is -3.54. The summed E-state index contributed by atoms with van der Waals surface area (Å²) in [6.07, 6.45) is -30.9. The van der Waals surface area contributed by atoms with Crippen molar-refractivity contribution in [1.82, 2.24) is 0 Å². The van der Waals surface area contributed by atoms with Crippen molar-refractivity contribution in [3.63, 3.8) is 0 Å². The molecular weight excluding hydrogens is 1420 g/mol. The highest BCUT2D eigenvalue weighted by molar-refractivity contribution is 5.94. The molecule has 0 amide bonds. The summed E-state index contributed by atoms with van der Waals surface area (Å²) in [5, 5.41) is 0. The second-order valence-electron chi connectivity index (χ2n) is 21.6. The predicted molar refractivity (Wildman–Crippen MR) is 305 cm³/mol. The van der Waals surface area contributed by atoms with Gasteiger partial charge in [0.15, 0.2) is 30.7 Å². The van der Waals surface area contributed by atoms with Crippen LogP contribution in [-0.2, 0) is 52.1 Å². The Morgan fingerprint density at radius 2 is 0.447 bits per heavy atom. The van der Waals surface area contributed by atoms with Gasteiger partial charge in [0.1, 0.15) is 125 Å². The van der Waals surface area contributed by atoms with Crippen LogP contribution in [0.3, 0.4) is 0 Å². The molecule has 0 saturated carbocycles. The lowest BCUT2D eigenvalue weighted by atomic mass is 9.95. The van der Waals surface area contributed by atoms with Gasteiger partial charge in [-0.25, -0.2) is 109 Å². The molecule has 2 aliphatic heterocycles. The Balaban J connectivity index is 1.23. The Bertz CT molecular complexity index is 4680. The zero-order valence-corrected chi connectivity index (χ0v) is 50.8. The molecule has 8 aromatic carbocycles. The third-order valence-electron chi connectivity index (χ3n) is 14.9. The van der Waals surface area contributed by atoms with E-state index in [1.54, 1.807) is 0 Å². The number of carbonyl (C=O) groups is 8. The van der Waals surface area contributed by atoms with E-state index in [1.165, 1.54) is 0 Å². The Morgan fingerprint density at radius 3 is 0.728 bits per heavy atom. The van der Waals surface area contributed by atoms with Gasteiger partial charge in [-0.1, -0.05) is 0 Å². The number of hydrogen-bond acceptors (Lipinski definition) is 19. The van der Waals surface area contributed by atoms with Gasteiger partial charge in [-0.3, -0.25) is 0 Å². The minimum absolute atomic E-state index is 0.109. The van der Waals surface area contributed by atoms with Crippen LogP contribution in [0.2, 0.25) is 0 Å². The molecule has 0 radical (unpaired) electrons. The second-order valence-corrected chi connectivity index (χ2v) is 21.6. The molecule has 1 unspecified atom stereocenters. The van der Waals surface area contributed by atoms with Gasteiger partial charge in [-0.15, -0.1) is 0 Å². The molecule has 2 saturated heterocycles. The van der Waals surface area contributed by atoms with Crippen molar-refractivity contribution in [2.24, 2.45) is 0 Å². The fourth-order valence-corrected chi connectivity index (χ4v) is 10.0. The van der Waals surface area contributed by atoms with Crippen molar-refractivity contribution in [1.29, 1.82) is 0 Å². The number of halogens is 16. The molecule has 10 rings (SSSR count). The molecule has 103 heavy (non-hydrogen) atoms. The zero-order valence-electron chi connectivity index (χ0n) is 50.8. The smallest absolute Gasteiger partial charge is 0.343 e. The maximum atomic E-state index is 15.9. The summed E-state index contributed by atoms with van der Waals surface area (Å²) in [5.41, 5.74) is -11.4. The Morgan fingerprint density at radius 1 is 0.243 bits per heavy atom. The lowest BCUT2D eigenvalue weighted by Crippen LogP contribution is -2.67. The highest BCUT2D eigenvalue weighted by Crippen LogP contribution is 2.39. The number of rotatable bonds is 20. The van der Waals surface area contributed by atoms with Crippen LogP contribution in [0.1, 0.15) is 82.9 Å². The first-order valence-electron chi connectivity index (χ1n) is 29.1. The molecule has 8 aromatic rings. The summed E-state index contributed by atoms with van der Waals surface area (Å²) < 4.78 is 306. The normalized spacial score (nSPS) is 20.0. The first-order chi connectivity index (χ1) is 48.9. The summed E-state index contributed by atoms with van der Waals surface area (Å²) in [5.74, 6) is -41.5. The van der Waals surface area contributed by atoms with Gasteiger partial charge in [-0.2, -0.15) is 0 Å². The van der Waals surface area contributed by atoms with Crippen molar-refractivity contribution in [3.05, 3.63) is 283 Å². The number of esters is 8. The van der Waals surface area contributed by atoms with Crippen molar-refractivity contribution in [3.8, 4) is 0 Å². The molecule has 0 aliphatic carbocycles. The molecule has 19 nitrogen and oxygen atoms in total. The van der Waals surface area contributed by atoms with Crippen LogP contribution in [0.5, 0.6) is 0 Å². The highest BCUT2D eigenvalue weighted by atomic mass is 19.2. The van der Waals surface area contributed by atoms with E-state index in [-0.39, 0.29) is 60.7 Å². The summed E-state index contributed by atoms with van der Waals surface area (Å²) in [7, 11) is 0. The summed E-state index contributed by atoms with van der Waals surface area (Å²) >= 11 is 0. The maximum Gasteiger partial charge on any atom is 0.343 e. The van der Waals surface area contributed by atoms with E-state index in [4.69, 9.17) is 52.1 Å². The number of benzene rings is 8. The average Bonchev–Trinajstić information content (AvgIpc) is 0.757. The molecule has 35 heteroatoms. The fraction of sp³-hybridized carbons (Fsp3) is 0.176. The van der Waals surface area contributed by atoms with Gasteiger partial charge in [0, 0.05) is 0 Å². The largest absolute Gasteiger partial charge is 0.459 e. The van der Waals surface area contributed by atoms with Gasteiger partial charge in [0.2, 0.25) is 12.4 Å². The van der Waals surface area contributed by atoms with Gasteiger partial charge >= 0.3 is 47.8 Å². The van der Waals surface area contributed by atoms with Crippen molar-refractivity contribution in [2.45, 2.75) is 61.4 Å². The molecule has 0 spiro atoms. The van der Waals surface area contributed by atoms with E-state index >= 15 is 48.3 Å². The minimum Gasteiger partial charge on any atom is -0.459 e. The molecule has 2 fully saturated rings. The predicted octanol–water partition coefficient (Wildman–Crippen LogP) is 11.7. The molecule has 2 heterocycles. The van der Waals surface area contributed by atoms with Crippen LogP contribution in [0.25, 0.3) is 0 Å². The monoisotopic (exact) mass is 1460 g/mol. The molecular formula is C68H38F16O19. The van der Waals surface area contributed by atoms with E-state index in [9.17, 15) is 60.3 Å². The Kier molecular flexibility index (Phi) is 22.6. The number of hydrogen-bond donors (Lipinski definition) is 0. The van der Waals surface area contributed by atoms with Crippen molar-refractivity contribution in [2.75, 3.05) is 13.2 Å². The maximum absolute atomic E-state index is 15.9. The molecule has 0 N–H and O–H groups in total. The van der Waals surface area contributed by atoms with E-state index in [0.29, 0.717) is 84.9 Å². The van der Waals surface area contributed by atoms with E-state index in [2.05, 4.69) is 0 Å². The van der Waals surface area contributed by atoms with Crippen molar-refractivity contribution < 1.29 is 161 Å². The Labute approximate surface area is 564 Å². The van der Waals surface area contributed by atoms with Gasteiger partial charge < -0.3 is 52.1 Å². The second kappa shape index (κ2) is 31.4. The summed E-state index contributed by atoms with van der Waals surface area (Å²) in [6, 6.07) is 7.45. The molecule has 2 aliphatic rings. The van der Waals surface area contributed by atoms with Crippen LogP contribution in [0, 0.1) is 93.1 Å². The van der Waals surface area contributed by atoms with Crippen LogP contribution in [-0.4, -0.2) is 122 Å². The Hall–Kier alpha value is -11.7. The first kappa shape index (κ1) is 74.0. The lowest BCUT2D eigenvalue weighted by molar-refractivity contribution is -0.351. The lowest BCUT2D eigenvalue weighted by Gasteiger charge is -2.48. The molecule has 536 valence electrons. The molecule has 0 aromatic heterocycles. The van der Waals surface area contributed by atoms with Gasteiger partial charge in [-0.05, 0) is 146 Å². The third kappa shape index (κ3) is 17.2. The number of ether oxygens (including phenoxy) is 11. The van der Waals surface area contributed by atoms with Crippen molar-refractivity contribution >= 4 is 47.8 Å². The van der Waals surface area contributed by atoms with Crippen LogP contribution in [0.15, 0.2) is 146 Å². The minimum atomic E-state index is -3.27. The van der Waals surface area contributed by atoms with E-state index in [1.807, 2.05) is 0 Å². The zero-order chi connectivity index (χ0) is 74.4.